The van der Waals surface area contributed by atoms with Gasteiger partial charge in [0.15, 0.2) is 0 Å². The fourth-order valence-electron chi connectivity index (χ4n) is 3.17. The van der Waals surface area contributed by atoms with Gasteiger partial charge in [-0.3, -0.25) is 4.79 Å². The van der Waals surface area contributed by atoms with Crippen LogP contribution in [0.2, 0.25) is 0 Å². The number of aryl methyl sites for hydroxylation is 1. The van der Waals surface area contributed by atoms with Gasteiger partial charge in [-0.05, 0) is 38.5 Å². The van der Waals surface area contributed by atoms with Crippen LogP contribution in [0.1, 0.15) is 49.8 Å². The SMILES string of the molecule is O=C(O)C1(CNc2ncnc3c2CCCCC3)CCC1. The molecule has 5 nitrogen and oxygen atoms in total. The smallest absolute Gasteiger partial charge is 0.311 e. The first-order valence-electron chi connectivity index (χ1n) is 7.51. The first-order chi connectivity index (χ1) is 9.71. The normalized spacial score (nSPS) is 20.4. The Morgan fingerprint density at radius 2 is 2.00 bits per heavy atom. The van der Waals surface area contributed by atoms with Gasteiger partial charge < -0.3 is 10.4 Å². The van der Waals surface area contributed by atoms with Crippen molar-refractivity contribution in [3.63, 3.8) is 0 Å². The highest BCUT2D eigenvalue weighted by Crippen LogP contribution is 2.41. The minimum atomic E-state index is -0.684. The number of fused-ring (bicyclic) bond motifs is 1. The highest BCUT2D eigenvalue weighted by molar-refractivity contribution is 5.76. The third-order valence-corrected chi connectivity index (χ3v) is 4.73. The molecule has 1 fully saturated rings. The fourth-order valence-corrected chi connectivity index (χ4v) is 3.17. The Kier molecular flexibility index (Phi) is 3.59. The van der Waals surface area contributed by atoms with Crippen LogP contribution in [0.3, 0.4) is 0 Å². The van der Waals surface area contributed by atoms with Gasteiger partial charge >= 0.3 is 5.97 Å². The van der Waals surface area contributed by atoms with E-state index in [0.717, 1.165) is 43.6 Å². The van der Waals surface area contributed by atoms with E-state index in [0.29, 0.717) is 6.54 Å². The number of aromatic nitrogens is 2. The molecule has 0 aliphatic heterocycles. The lowest BCUT2D eigenvalue weighted by molar-refractivity contribution is -0.153. The molecule has 108 valence electrons. The van der Waals surface area contributed by atoms with E-state index in [4.69, 9.17) is 0 Å². The van der Waals surface area contributed by atoms with E-state index in [1.807, 2.05) is 0 Å². The van der Waals surface area contributed by atoms with Crippen molar-refractivity contribution in [1.82, 2.24) is 9.97 Å². The summed E-state index contributed by atoms with van der Waals surface area (Å²) in [6, 6.07) is 0. The quantitative estimate of drug-likeness (QED) is 0.825. The van der Waals surface area contributed by atoms with Gasteiger partial charge in [-0.1, -0.05) is 12.8 Å². The monoisotopic (exact) mass is 275 g/mol. The van der Waals surface area contributed by atoms with Crippen molar-refractivity contribution >= 4 is 11.8 Å². The molecule has 0 atom stereocenters. The molecule has 2 aliphatic rings. The maximum absolute atomic E-state index is 11.4. The van der Waals surface area contributed by atoms with E-state index in [1.54, 1.807) is 6.33 Å². The molecule has 5 heteroatoms. The lowest BCUT2D eigenvalue weighted by atomic mass is 9.69. The number of anilines is 1. The van der Waals surface area contributed by atoms with Gasteiger partial charge in [0, 0.05) is 17.8 Å². The lowest BCUT2D eigenvalue weighted by Crippen LogP contribution is -2.43. The van der Waals surface area contributed by atoms with Crippen molar-refractivity contribution in [2.45, 2.75) is 51.4 Å². The first-order valence-corrected chi connectivity index (χ1v) is 7.51. The van der Waals surface area contributed by atoms with Crippen LogP contribution in [0.25, 0.3) is 0 Å². The second-order valence-electron chi connectivity index (χ2n) is 6.00. The minimum Gasteiger partial charge on any atom is -0.481 e. The molecule has 0 aromatic carbocycles. The maximum atomic E-state index is 11.4. The van der Waals surface area contributed by atoms with Crippen LogP contribution in [-0.4, -0.2) is 27.6 Å². The Morgan fingerprint density at radius 3 is 2.70 bits per heavy atom. The maximum Gasteiger partial charge on any atom is 0.311 e. The molecule has 1 heterocycles. The number of carboxylic acids is 1. The number of hydrogen-bond acceptors (Lipinski definition) is 4. The van der Waals surface area contributed by atoms with Crippen molar-refractivity contribution in [2.75, 3.05) is 11.9 Å². The summed E-state index contributed by atoms with van der Waals surface area (Å²) in [6.45, 7) is 0.478. The topological polar surface area (TPSA) is 75.1 Å². The van der Waals surface area contributed by atoms with Crippen molar-refractivity contribution in [2.24, 2.45) is 5.41 Å². The van der Waals surface area contributed by atoms with Crippen molar-refractivity contribution in [1.29, 1.82) is 0 Å². The van der Waals surface area contributed by atoms with E-state index in [1.165, 1.54) is 24.8 Å². The van der Waals surface area contributed by atoms with Crippen molar-refractivity contribution in [3.05, 3.63) is 17.6 Å². The third-order valence-electron chi connectivity index (χ3n) is 4.73. The highest BCUT2D eigenvalue weighted by Gasteiger charge is 2.44. The molecule has 0 radical (unpaired) electrons. The zero-order valence-electron chi connectivity index (χ0n) is 11.7. The van der Waals surface area contributed by atoms with Gasteiger partial charge in [0.25, 0.3) is 0 Å². The van der Waals surface area contributed by atoms with E-state index >= 15 is 0 Å². The molecule has 0 spiro atoms. The van der Waals surface area contributed by atoms with Crippen molar-refractivity contribution < 1.29 is 9.90 Å². The number of aliphatic carboxylic acids is 1. The number of nitrogens with one attached hydrogen (secondary N) is 1. The van der Waals surface area contributed by atoms with Crippen LogP contribution >= 0.6 is 0 Å². The summed E-state index contributed by atoms with van der Waals surface area (Å²) in [5.41, 5.74) is 1.76. The molecular weight excluding hydrogens is 254 g/mol. The highest BCUT2D eigenvalue weighted by atomic mass is 16.4. The number of hydrogen-bond donors (Lipinski definition) is 2. The summed E-state index contributed by atoms with van der Waals surface area (Å²) in [6.07, 6.45) is 9.73. The average Bonchev–Trinajstić information content (AvgIpc) is 2.62. The molecule has 2 N–H and O–H groups in total. The summed E-state index contributed by atoms with van der Waals surface area (Å²) in [4.78, 5) is 20.1. The Morgan fingerprint density at radius 1 is 1.20 bits per heavy atom. The number of nitrogens with zero attached hydrogens (tertiary/aromatic N) is 2. The molecule has 0 amide bonds. The number of carbonyl (C=O) groups is 1. The van der Waals surface area contributed by atoms with Gasteiger partial charge in [0.2, 0.25) is 0 Å². The van der Waals surface area contributed by atoms with Crippen LogP contribution in [0, 0.1) is 5.41 Å². The molecule has 1 aromatic rings. The Bertz CT molecular complexity index is 512. The zero-order valence-corrected chi connectivity index (χ0v) is 11.7. The third kappa shape index (κ3) is 2.37. The van der Waals surface area contributed by atoms with Gasteiger partial charge in [0.05, 0.1) is 5.41 Å². The zero-order chi connectivity index (χ0) is 14.0. The predicted molar refractivity (Wildman–Crippen MR) is 75.7 cm³/mol. The fraction of sp³-hybridized carbons (Fsp3) is 0.667. The lowest BCUT2D eigenvalue weighted by Gasteiger charge is -2.37. The number of rotatable bonds is 4. The van der Waals surface area contributed by atoms with Crippen LogP contribution in [0.15, 0.2) is 6.33 Å². The molecule has 2 aliphatic carbocycles. The summed E-state index contributed by atoms with van der Waals surface area (Å²) in [7, 11) is 0. The largest absolute Gasteiger partial charge is 0.481 e. The second-order valence-corrected chi connectivity index (χ2v) is 6.00. The molecule has 1 saturated carbocycles. The summed E-state index contributed by atoms with van der Waals surface area (Å²) in [5, 5.41) is 12.7. The molecule has 0 saturated heterocycles. The Balaban J connectivity index is 1.76. The molecule has 1 aromatic heterocycles. The van der Waals surface area contributed by atoms with E-state index in [2.05, 4.69) is 15.3 Å². The average molecular weight is 275 g/mol. The standard InChI is InChI=1S/C15H21N3O2/c19-14(20)15(7-4-8-15)9-16-13-11-5-2-1-3-6-12(11)17-10-18-13/h10H,1-9H2,(H,19,20)(H,16,17,18). The van der Waals surface area contributed by atoms with E-state index in [9.17, 15) is 9.90 Å². The van der Waals surface area contributed by atoms with Gasteiger partial charge in [-0.15, -0.1) is 0 Å². The van der Waals surface area contributed by atoms with Crippen LogP contribution in [0.5, 0.6) is 0 Å². The van der Waals surface area contributed by atoms with E-state index < -0.39 is 11.4 Å². The Hall–Kier alpha value is -1.65. The van der Waals surface area contributed by atoms with Crippen LogP contribution < -0.4 is 5.32 Å². The first kappa shape index (κ1) is 13.3. The Labute approximate surface area is 118 Å². The van der Waals surface area contributed by atoms with Gasteiger partial charge in [-0.25, -0.2) is 9.97 Å². The number of carboxylic acid groups (broad SMARTS) is 1. The molecular formula is C15H21N3O2. The van der Waals surface area contributed by atoms with Gasteiger partial charge in [-0.2, -0.15) is 0 Å². The van der Waals surface area contributed by atoms with Gasteiger partial charge in [0.1, 0.15) is 12.1 Å². The van der Waals surface area contributed by atoms with Crippen molar-refractivity contribution in [3.8, 4) is 0 Å². The minimum absolute atomic E-state index is 0.478. The second kappa shape index (κ2) is 5.38. The molecule has 0 unspecified atom stereocenters. The van der Waals surface area contributed by atoms with Crippen LogP contribution in [0.4, 0.5) is 5.82 Å². The van der Waals surface area contributed by atoms with E-state index in [-0.39, 0.29) is 0 Å². The molecule has 0 bridgehead atoms. The molecule has 3 rings (SSSR count). The summed E-state index contributed by atoms with van der Waals surface area (Å²) in [5.74, 6) is 0.167. The molecule has 20 heavy (non-hydrogen) atoms. The summed E-state index contributed by atoms with van der Waals surface area (Å²) < 4.78 is 0. The summed E-state index contributed by atoms with van der Waals surface area (Å²) >= 11 is 0. The predicted octanol–water partition coefficient (Wildman–Crippen LogP) is 2.41. The van der Waals surface area contributed by atoms with Crippen LogP contribution in [-0.2, 0) is 17.6 Å².